The maximum atomic E-state index is 14.4. The summed E-state index contributed by atoms with van der Waals surface area (Å²) in [6.07, 6.45) is 2.93. The SMILES string of the molecule is CC[C@H](C)[C@H](NC(=O)[C@H]1CCCCN1C)C(=O)N(CC(=O)OC)[C@H](C[C@@H](O)c1nc(C(=O)N[C@@H](Cc2ccccc2)C[C@H](C)C(=O)OC)cs1)C(C)C. The summed E-state index contributed by atoms with van der Waals surface area (Å²) < 4.78 is 9.89. The molecule has 0 saturated carbocycles. The van der Waals surface area contributed by atoms with E-state index in [1.807, 2.05) is 70.0 Å². The molecule has 294 valence electrons. The summed E-state index contributed by atoms with van der Waals surface area (Å²) in [6, 6.07) is 7.35. The first-order valence-electron chi connectivity index (χ1n) is 18.6. The van der Waals surface area contributed by atoms with Crippen molar-refractivity contribution in [1.29, 1.82) is 0 Å². The number of nitrogens with one attached hydrogen (secondary N) is 2. The highest BCUT2D eigenvalue weighted by atomic mass is 32.1. The van der Waals surface area contributed by atoms with Gasteiger partial charge in [-0.25, -0.2) is 4.98 Å². The lowest BCUT2D eigenvalue weighted by Gasteiger charge is -2.39. The summed E-state index contributed by atoms with van der Waals surface area (Å²) in [5, 5.41) is 19.4. The highest BCUT2D eigenvalue weighted by Crippen LogP contribution is 2.29. The summed E-state index contributed by atoms with van der Waals surface area (Å²) in [7, 11) is 4.49. The molecular formula is C39H59N5O8S. The van der Waals surface area contributed by atoms with Crippen LogP contribution in [0.2, 0.25) is 0 Å². The predicted molar refractivity (Wildman–Crippen MR) is 203 cm³/mol. The molecule has 3 amide bonds. The van der Waals surface area contributed by atoms with Gasteiger partial charge in [0.05, 0.1) is 26.2 Å². The molecule has 1 aromatic carbocycles. The molecule has 1 aliphatic rings. The molecule has 0 unspecified atom stereocenters. The summed E-state index contributed by atoms with van der Waals surface area (Å²) >= 11 is 1.12. The number of thiazole rings is 1. The molecule has 3 N–H and O–H groups in total. The highest BCUT2D eigenvalue weighted by Gasteiger charge is 2.39. The van der Waals surface area contributed by atoms with E-state index in [0.29, 0.717) is 25.7 Å². The molecule has 0 bridgehead atoms. The number of nitrogens with zero attached hydrogens (tertiary/aromatic N) is 3. The van der Waals surface area contributed by atoms with Gasteiger partial charge in [0.15, 0.2) is 0 Å². The van der Waals surface area contributed by atoms with Crippen molar-refractivity contribution in [3.63, 3.8) is 0 Å². The summed E-state index contributed by atoms with van der Waals surface area (Å²) in [5.74, 6) is -2.99. The number of likely N-dealkylation sites (N-methyl/N-ethyl adjacent to an activating group) is 1. The molecule has 1 aromatic heterocycles. The molecule has 1 aliphatic heterocycles. The number of carbonyl (C=O) groups is 5. The minimum atomic E-state index is -1.17. The molecule has 1 saturated heterocycles. The number of likely N-dealkylation sites (tertiary alicyclic amines) is 1. The van der Waals surface area contributed by atoms with Gasteiger partial charge in [-0.15, -0.1) is 11.3 Å². The van der Waals surface area contributed by atoms with Crippen LogP contribution in [0.1, 0.15) is 100 Å². The van der Waals surface area contributed by atoms with E-state index >= 15 is 0 Å². The zero-order chi connectivity index (χ0) is 39.2. The number of carbonyl (C=O) groups excluding carboxylic acids is 5. The average molecular weight is 758 g/mol. The lowest BCUT2D eigenvalue weighted by Crippen LogP contribution is -2.59. The lowest BCUT2D eigenvalue weighted by molar-refractivity contribution is -0.152. The Bertz CT molecular complexity index is 1500. The van der Waals surface area contributed by atoms with E-state index < -0.39 is 47.9 Å². The van der Waals surface area contributed by atoms with Crippen LogP contribution in [0.4, 0.5) is 0 Å². The monoisotopic (exact) mass is 757 g/mol. The standard InChI is InChI=1S/C39H59N5O8S/c1-9-25(4)34(42-36(48)30-17-13-14-18-43(30)6)38(49)44(22-33(46)51-7)31(24(2)3)21-32(45)37-41-29(23-53-37)35(47)40-28(19-26(5)39(50)52-8)20-27-15-11-10-12-16-27/h10-12,15-16,23-26,28,30-32,34,45H,9,13-14,17-22H2,1-8H3,(H,40,47)(H,42,48)/t25-,26-,28+,30+,31+,32+,34-/m0/s1. The number of piperidine rings is 1. The van der Waals surface area contributed by atoms with Gasteiger partial charge in [0, 0.05) is 23.9 Å². The third-order valence-corrected chi connectivity index (χ3v) is 11.2. The zero-order valence-corrected chi connectivity index (χ0v) is 33.3. The molecule has 0 radical (unpaired) electrons. The number of aliphatic hydroxyl groups is 1. The molecule has 53 heavy (non-hydrogen) atoms. The average Bonchev–Trinajstić information content (AvgIpc) is 3.65. The Labute approximate surface area is 318 Å². The minimum absolute atomic E-state index is 0.0226. The van der Waals surface area contributed by atoms with Gasteiger partial charge in [-0.1, -0.05) is 77.8 Å². The van der Waals surface area contributed by atoms with Crippen LogP contribution >= 0.6 is 11.3 Å². The summed E-state index contributed by atoms with van der Waals surface area (Å²) in [6.45, 7) is 9.81. The maximum Gasteiger partial charge on any atom is 0.325 e. The van der Waals surface area contributed by atoms with Gasteiger partial charge >= 0.3 is 11.9 Å². The third-order valence-electron chi connectivity index (χ3n) is 10.2. The number of esters is 2. The second kappa shape index (κ2) is 21.1. The van der Waals surface area contributed by atoms with Crippen LogP contribution in [-0.4, -0.2) is 108 Å². The number of benzene rings is 1. The van der Waals surface area contributed by atoms with Crippen molar-refractivity contribution in [2.75, 3.05) is 34.4 Å². The van der Waals surface area contributed by atoms with Gasteiger partial charge in [-0.3, -0.25) is 28.9 Å². The topological polar surface area (TPSA) is 167 Å². The van der Waals surface area contributed by atoms with Crippen LogP contribution in [0, 0.1) is 17.8 Å². The van der Waals surface area contributed by atoms with Gasteiger partial charge in [0.1, 0.15) is 29.4 Å². The Morgan fingerprint density at radius 1 is 1.02 bits per heavy atom. The Balaban J connectivity index is 1.82. The van der Waals surface area contributed by atoms with Crippen molar-refractivity contribution in [3.05, 3.63) is 52.0 Å². The maximum absolute atomic E-state index is 14.4. The number of aromatic nitrogens is 1. The Morgan fingerprint density at radius 3 is 2.32 bits per heavy atom. The van der Waals surface area contributed by atoms with E-state index in [2.05, 4.69) is 15.6 Å². The Morgan fingerprint density at radius 2 is 1.72 bits per heavy atom. The van der Waals surface area contributed by atoms with Crippen molar-refractivity contribution in [2.45, 2.75) is 110 Å². The number of hydrogen-bond donors (Lipinski definition) is 3. The van der Waals surface area contributed by atoms with Crippen LogP contribution in [-0.2, 0) is 35.1 Å². The highest BCUT2D eigenvalue weighted by molar-refractivity contribution is 7.09. The summed E-state index contributed by atoms with van der Waals surface area (Å²) in [5.41, 5.74) is 1.11. The van der Waals surface area contributed by atoms with E-state index in [1.54, 1.807) is 12.3 Å². The van der Waals surface area contributed by atoms with E-state index in [4.69, 9.17) is 9.47 Å². The number of rotatable bonds is 19. The van der Waals surface area contributed by atoms with Gasteiger partial charge < -0.3 is 30.1 Å². The molecule has 3 rings (SSSR count). The van der Waals surface area contributed by atoms with E-state index in [0.717, 1.165) is 36.3 Å². The molecule has 0 spiro atoms. The second-order valence-electron chi connectivity index (χ2n) is 14.6. The first-order valence-corrected chi connectivity index (χ1v) is 19.5. The third kappa shape index (κ3) is 12.6. The van der Waals surface area contributed by atoms with Gasteiger partial charge in [-0.05, 0) is 56.7 Å². The van der Waals surface area contributed by atoms with Crippen molar-refractivity contribution in [3.8, 4) is 0 Å². The van der Waals surface area contributed by atoms with Crippen molar-refractivity contribution in [1.82, 2.24) is 25.4 Å². The quantitative estimate of drug-likeness (QED) is 0.177. The van der Waals surface area contributed by atoms with Crippen LogP contribution in [0.15, 0.2) is 35.7 Å². The second-order valence-corrected chi connectivity index (χ2v) is 15.4. The normalized spacial score (nSPS) is 18.2. The first-order chi connectivity index (χ1) is 25.2. The Hall–Kier alpha value is -3.88. The largest absolute Gasteiger partial charge is 0.469 e. The number of amides is 3. The van der Waals surface area contributed by atoms with Gasteiger partial charge in [-0.2, -0.15) is 0 Å². The fraction of sp³-hybridized carbons (Fsp3) is 0.641. The molecule has 13 nitrogen and oxygen atoms in total. The first kappa shape index (κ1) is 43.5. The zero-order valence-electron chi connectivity index (χ0n) is 32.5. The van der Waals surface area contributed by atoms with Crippen LogP contribution in [0.25, 0.3) is 0 Å². The lowest BCUT2D eigenvalue weighted by atomic mass is 9.92. The minimum Gasteiger partial charge on any atom is -0.469 e. The number of hydrogen-bond acceptors (Lipinski definition) is 11. The van der Waals surface area contributed by atoms with Crippen molar-refractivity contribution in [2.24, 2.45) is 17.8 Å². The number of ether oxygens (including phenoxy) is 2. The molecule has 14 heteroatoms. The summed E-state index contributed by atoms with van der Waals surface area (Å²) in [4.78, 5) is 74.2. The molecule has 7 atom stereocenters. The van der Waals surface area contributed by atoms with Gasteiger partial charge in [0.25, 0.3) is 5.91 Å². The molecule has 1 fully saturated rings. The fourth-order valence-corrected chi connectivity index (χ4v) is 7.59. The van der Waals surface area contributed by atoms with E-state index in [1.165, 1.54) is 19.1 Å². The number of methoxy groups -OCH3 is 2. The van der Waals surface area contributed by atoms with Gasteiger partial charge in [0.2, 0.25) is 11.8 Å². The smallest absolute Gasteiger partial charge is 0.325 e. The fourth-order valence-electron chi connectivity index (χ4n) is 6.79. The van der Waals surface area contributed by atoms with Crippen molar-refractivity contribution < 1.29 is 38.6 Å². The molecule has 0 aliphatic carbocycles. The van der Waals surface area contributed by atoms with Crippen LogP contribution < -0.4 is 10.6 Å². The van der Waals surface area contributed by atoms with Crippen LogP contribution in [0.3, 0.4) is 0 Å². The molecule has 2 heterocycles. The van der Waals surface area contributed by atoms with E-state index in [9.17, 15) is 29.1 Å². The molecular weight excluding hydrogens is 699 g/mol. The Kier molecular flexibility index (Phi) is 17.3. The van der Waals surface area contributed by atoms with Crippen molar-refractivity contribution >= 4 is 41.0 Å². The number of aliphatic hydroxyl groups excluding tert-OH is 1. The van der Waals surface area contributed by atoms with E-state index in [-0.39, 0.29) is 53.4 Å². The van der Waals surface area contributed by atoms with Crippen LogP contribution in [0.5, 0.6) is 0 Å². The molecule has 2 aromatic rings. The predicted octanol–water partition coefficient (Wildman–Crippen LogP) is 4.15.